The molecule has 3 heteroatoms. The molecule has 1 heterocycles. The van der Waals surface area contributed by atoms with Crippen molar-refractivity contribution in [3.63, 3.8) is 0 Å². The van der Waals surface area contributed by atoms with E-state index in [1.165, 1.54) is 10.7 Å². The third-order valence-electron chi connectivity index (χ3n) is 2.23. The van der Waals surface area contributed by atoms with Gasteiger partial charge in [0.15, 0.2) is 0 Å². The lowest BCUT2D eigenvalue weighted by molar-refractivity contribution is 0.421. The molecule has 0 fully saturated rings. The molecule has 1 N–H and O–H groups in total. The van der Waals surface area contributed by atoms with E-state index in [0.717, 1.165) is 12.8 Å². The predicted octanol–water partition coefficient (Wildman–Crippen LogP) is 2.25. The molecule has 1 aromatic rings. The molecule has 0 unspecified atom stereocenters. The van der Waals surface area contributed by atoms with Gasteiger partial charge in [0.1, 0.15) is 0 Å². The molecular formula is C10H18N2S. The van der Waals surface area contributed by atoms with Crippen LogP contribution in [0.15, 0.2) is 5.38 Å². The Morgan fingerprint density at radius 2 is 2.23 bits per heavy atom. The zero-order valence-corrected chi connectivity index (χ0v) is 9.66. The minimum Gasteiger partial charge on any atom is -0.314 e. The number of nitrogens with zero attached hydrogens (tertiary/aromatic N) is 1. The summed E-state index contributed by atoms with van der Waals surface area (Å²) in [5, 5.41) is 6.67. The fourth-order valence-electron chi connectivity index (χ4n) is 1.06. The molecule has 0 spiro atoms. The number of aromatic nitrogens is 1. The Bertz CT molecular complexity index is 266. The van der Waals surface area contributed by atoms with Gasteiger partial charge in [0.05, 0.1) is 10.7 Å². The van der Waals surface area contributed by atoms with Gasteiger partial charge in [0.25, 0.3) is 0 Å². The van der Waals surface area contributed by atoms with E-state index in [0.29, 0.717) is 0 Å². The van der Waals surface area contributed by atoms with Crippen LogP contribution < -0.4 is 5.32 Å². The van der Waals surface area contributed by atoms with Crippen LogP contribution in [-0.4, -0.2) is 17.6 Å². The Balaban J connectivity index is 2.63. The molecule has 74 valence electrons. The van der Waals surface area contributed by atoms with Gasteiger partial charge in [-0.25, -0.2) is 4.98 Å². The SMILES string of the molecule is CCc1csc(CC(C)(C)NC)n1. The fourth-order valence-corrected chi connectivity index (χ4v) is 2.16. The maximum Gasteiger partial charge on any atom is 0.0946 e. The zero-order chi connectivity index (χ0) is 9.90. The van der Waals surface area contributed by atoms with E-state index in [1.807, 2.05) is 7.05 Å². The highest BCUT2D eigenvalue weighted by molar-refractivity contribution is 7.09. The largest absolute Gasteiger partial charge is 0.314 e. The summed E-state index contributed by atoms with van der Waals surface area (Å²) >= 11 is 1.77. The minimum absolute atomic E-state index is 0.156. The second-order valence-corrected chi connectivity index (χ2v) is 4.84. The van der Waals surface area contributed by atoms with Gasteiger partial charge in [0.2, 0.25) is 0 Å². The van der Waals surface area contributed by atoms with Crippen molar-refractivity contribution in [2.75, 3.05) is 7.05 Å². The number of aryl methyl sites for hydroxylation is 1. The Kier molecular flexibility index (Phi) is 3.45. The summed E-state index contributed by atoms with van der Waals surface area (Å²) in [6, 6.07) is 0. The molecule has 0 amide bonds. The highest BCUT2D eigenvalue weighted by Crippen LogP contribution is 2.16. The topological polar surface area (TPSA) is 24.9 Å². The van der Waals surface area contributed by atoms with Crippen molar-refractivity contribution in [2.45, 2.75) is 39.2 Å². The lowest BCUT2D eigenvalue weighted by Gasteiger charge is -2.22. The summed E-state index contributed by atoms with van der Waals surface area (Å²) in [4.78, 5) is 4.54. The van der Waals surface area contributed by atoms with Crippen molar-refractivity contribution in [3.8, 4) is 0 Å². The standard InChI is InChI=1S/C10H18N2S/c1-5-8-7-13-9(12-8)6-10(2,3)11-4/h7,11H,5-6H2,1-4H3. The van der Waals surface area contributed by atoms with Crippen LogP contribution in [0.4, 0.5) is 0 Å². The highest BCUT2D eigenvalue weighted by atomic mass is 32.1. The van der Waals surface area contributed by atoms with Crippen LogP contribution in [0.5, 0.6) is 0 Å². The molecule has 0 saturated carbocycles. The molecule has 0 saturated heterocycles. The third kappa shape index (κ3) is 3.08. The van der Waals surface area contributed by atoms with Crippen molar-refractivity contribution >= 4 is 11.3 Å². The first-order valence-corrected chi connectivity index (χ1v) is 5.57. The molecule has 0 aliphatic carbocycles. The lowest BCUT2D eigenvalue weighted by Crippen LogP contribution is -2.38. The van der Waals surface area contributed by atoms with E-state index in [-0.39, 0.29) is 5.54 Å². The number of hydrogen-bond donors (Lipinski definition) is 1. The van der Waals surface area contributed by atoms with Crippen molar-refractivity contribution < 1.29 is 0 Å². The van der Waals surface area contributed by atoms with E-state index >= 15 is 0 Å². The zero-order valence-electron chi connectivity index (χ0n) is 8.85. The molecule has 0 radical (unpaired) electrons. The highest BCUT2D eigenvalue weighted by Gasteiger charge is 2.17. The van der Waals surface area contributed by atoms with Crippen molar-refractivity contribution in [1.29, 1.82) is 0 Å². The van der Waals surface area contributed by atoms with Gasteiger partial charge in [-0.2, -0.15) is 0 Å². The van der Waals surface area contributed by atoms with Crippen LogP contribution >= 0.6 is 11.3 Å². The summed E-state index contributed by atoms with van der Waals surface area (Å²) in [5.41, 5.74) is 1.37. The van der Waals surface area contributed by atoms with E-state index < -0.39 is 0 Å². The predicted molar refractivity (Wildman–Crippen MR) is 58.3 cm³/mol. The molecular weight excluding hydrogens is 180 g/mol. The van der Waals surface area contributed by atoms with Gasteiger partial charge in [-0.3, -0.25) is 0 Å². The summed E-state index contributed by atoms with van der Waals surface area (Å²) in [7, 11) is 1.99. The van der Waals surface area contributed by atoms with Gasteiger partial charge in [-0.15, -0.1) is 11.3 Å². The van der Waals surface area contributed by atoms with Crippen LogP contribution in [0.2, 0.25) is 0 Å². The molecule has 0 aromatic carbocycles. The average Bonchev–Trinajstić information content (AvgIpc) is 2.52. The first-order valence-electron chi connectivity index (χ1n) is 4.69. The fraction of sp³-hybridized carbons (Fsp3) is 0.700. The summed E-state index contributed by atoms with van der Waals surface area (Å²) in [6.45, 7) is 6.53. The quantitative estimate of drug-likeness (QED) is 0.802. The Morgan fingerprint density at radius 3 is 2.69 bits per heavy atom. The van der Waals surface area contributed by atoms with Gasteiger partial charge in [-0.1, -0.05) is 6.92 Å². The average molecular weight is 198 g/mol. The molecule has 1 rings (SSSR count). The molecule has 0 aliphatic heterocycles. The number of nitrogens with one attached hydrogen (secondary N) is 1. The normalized spacial score (nSPS) is 12.0. The molecule has 2 nitrogen and oxygen atoms in total. The number of likely N-dealkylation sites (N-methyl/N-ethyl adjacent to an activating group) is 1. The summed E-state index contributed by atoms with van der Waals surface area (Å²) < 4.78 is 0. The Morgan fingerprint density at radius 1 is 1.54 bits per heavy atom. The van der Waals surface area contributed by atoms with Crippen molar-refractivity contribution in [2.24, 2.45) is 0 Å². The van der Waals surface area contributed by atoms with Gasteiger partial charge in [0, 0.05) is 17.3 Å². The van der Waals surface area contributed by atoms with Crippen LogP contribution in [0.25, 0.3) is 0 Å². The van der Waals surface area contributed by atoms with Crippen molar-refractivity contribution in [1.82, 2.24) is 10.3 Å². The second-order valence-electron chi connectivity index (χ2n) is 3.90. The number of hydrogen-bond acceptors (Lipinski definition) is 3. The second kappa shape index (κ2) is 4.20. The van der Waals surface area contributed by atoms with Gasteiger partial charge < -0.3 is 5.32 Å². The van der Waals surface area contributed by atoms with E-state index in [1.54, 1.807) is 11.3 Å². The summed E-state index contributed by atoms with van der Waals surface area (Å²) in [6.07, 6.45) is 2.05. The first kappa shape index (κ1) is 10.7. The monoisotopic (exact) mass is 198 g/mol. The van der Waals surface area contributed by atoms with E-state index in [2.05, 4.69) is 36.5 Å². The minimum atomic E-state index is 0.156. The number of rotatable bonds is 4. The third-order valence-corrected chi connectivity index (χ3v) is 3.13. The van der Waals surface area contributed by atoms with Gasteiger partial charge >= 0.3 is 0 Å². The maximum absolute atomic E-state index is 4.54. The van der Waals surface area contributed by atoms with Crippen LogP contribution in [-0.2, 0) is 12.8 Å². The molecule has 0 atom stereocenters. The van der Waals surface area contributed by atoms with Gasteiger partial charge in [-0.05, 0) is 27.3 Å². The Labute approximate surface area is 84.4 Å². The Hall–Kier alpha value is -0.410. The lowest BCUT2D eigenvalue weighted by atomic mass is 10.0. The molecule has 0 bridgehead atoms. The van der Waals surface area contributed by atoms with Crippen molar-refractivity contribution in [3.05, 3.63) is 16.1 Å². The smallest absolute Gasteiger partial charge is 0.0946 e. The van der Waals surface area contributed by atoms with Crippen LogP contribution in [0.1, 0.15) is 31.5 Å². The van der Waals surface area contributed by atoms with Crippen LogP contribution in [0, 0.1) is 0 Å². The molecule has 0 aliphatic rings. The van der Waals surface area contributed by atoms with E-state index in [4.69, 9.17) is 0 Å². The maximum atomic E-state index is 4.54. The summed E-state index contributed by atoms with van der Waals surface area (Å²) in [5.74, 6) is 0. The molecule has 1 aromatic heterocycles. The number of thiazole rings is 1. The first-order chi connectivity index (χ1) is 6.07. The van der Waals surface area contributed by atoms with Crippen LogP contribution in [0.3, 0.4) is 0 Å². The molecule has 13 heavy (non-hydrogen) atoms. The van der Waals surface area contributed by atoms with E-state index in [9.17, 15) is 0 Å².